The molecule has 0 spiro atoms. The van der Waals surface area contributed by atoms with E-state index in [0.717, 1.165) is 10.0 Å². The lowest BCUT2D eigenvalue weighted by Gasteiger charge is -2.13. The predicted octanol–water partition coefficient (Wildman–Crippen LogP) is 2.95. The summed E-state index contributed by atoms with van der Waals surface area (Å²) in [6.07, 6.45) is 0. The van der Waals surface area contributed by atoms with Gasteiger partial charge in [0.15, 0.2) is 0 Å². The van der Waals surface area contributed by atoms with Gasteiger partial charge < -0.3 is 5.11 Å². The molecule has 5 heteroatoms. The first kappa shape index (κ1) is 12.9. The molecule has 2 amide bonds. The number of nitrogens with zero attached hydrogens (tertiary/aromatic N) is 1. The number of aromatic hydroxyl groups is 1. The summed E-state index contributed by atoms with van der Waals surface area (Å²) in [5.41, 5.74) is 1.64. The van der Waals surface area contributed by atoms with Gasteiger partial charge in [0.2, 0.25) is 0 Å². The van der Waals surface area contributed by atoms with Crippen LogP contribution in [-0.4, -0.2) is 21.8 Å². The Balaban J connectivity index is 1.91. The predicted molar refractivity (Wildman–Crippen MR) is 76.5 cm³/mol. The molecule has 1 aliphatic rings. The first-order valence-corrected chi connectivity index (χ1v) is 6.79. The Morgan fingerprint density at radius 1 is 0.950 bits per heavy atom. The van der Waals surface area contributed by atoms with E-state index in [0.29, 0.717) is 11.1 Å². The molecule has 0 bridgehead atoms. The summed E-state index contributed by atoms with van der Waals surface area (Å²) >= 11 is 3.30. The number of phenols is 1. The third-order valence-corrected chi connectivity index (χ3v) is 3.70. The van der Waals surface area contributed by atoms with Crippen molar-refractivity contribution in [1.82, 2.24) is 4.90 Å². The lowest BCUT2D eigenvalue weighted by molar-refractivity contribution is 0.0642. The average Bonchev–Trinajstić information content (AvgIpc) is 2.66. The highest BCUT2D eigenvalue weighted by atomic mass is 79.9. The molecule has 0 fully saturated rings. The number of phenolic OH excluding ortho intramolecular Hbond substituents is 1. The Morgan fingerprint density at radius 2 is 1.60 bits per heavy atom. The molecule has 0 aliphatic carbocycles. The number of hydrogen-bond donors (Lipinski definition) is 1. The zero-order valence-electron chi connectivity index (χ0n) is 10.3. The van der Waals surface area contributed by atoms with E-state index in [2.05, 4.69) is 15.9 Å². The fourth-order valence-corrected chi connectivity index (χ4v) is 2.55. The summed E-state index contributed by atoms with van der Waals surface area (Å²) in [5.74, 6) is -0.426. The number of rotatable bonds is 2. The van der Waals surface area contributed by atoms with Gasteiger partial charge in [0.1, 0.15) is 5.75 Å². The second-order valence-corrected chi connectivity index (χ2v) is 5.47. The maximum atomic E-state index is 12.3. The van der Waals surface area contributed by atoms with Crippen molar-refractivity contribution in [2.24, 2.45) is 0 Å². The van der Waals surface area contributed by atoms with Crippen LogP contribution < -0.4 is 0 Å². The highest BCUT2D eigenvalue weighted by Crippen LogP contribution is 2.27. The molecule has 2 aromatic carbocycles. The van der Waals surface area contributed by atoms with Gasteiger partial charge in [-0.3, -0.25) is 14.5 Å². The molecule has 0 radical (unpaired) electrons. The zero-order valence-corrected chi connectivity index (χ0v) is 11.9. The fraction of sp³-hybridized carbons (Fsp3) is 0.0667. The van der Waals surface area contributed by atoms with Gasteiger partial charge in [-0.15, -0.1) is 0 Å². The molecule has 2 aromatic rings. The van der Waals surface area contributed by atoms with Crippen molar-refractivity contribution < 1.29 is 14.7 Å². The maximum absolute atomic E-state index is 12.3. The van der Waals surface area contributed by atoms with Crippen LogP contribution in [0.1, 0.15) is 26.3 Å². The Kier molecular flexibility index (Phi) is 3.06. The maximum Gasteiger partial charge on any atom is 0.261 e. The van der Waals surface area contributed by atoms with E-state index in [4.69, 9.17) is 0 Å². The van der Waals surface area contributed by atoms with Crippen LogP contribution in [0.5, 0.6) is 5.75 Å². The van der Waals surface area contributed by atoms with Crippen molar-refractivity contribution in [2.45, 2.75) is 6.54 Å². The van der Waals surface area contributed by atoms with Crippen molar-refractivity contribution in [3.05, 3.63) is 63.6 Å². The zero-order chi connectivity index (χ0) is 14.3. The van der Waals surface area contributed by atoms with E-state index in [9.17, 15) is 14.7 Å². The molecular weight excluding hydrogens is 322 g/mol. The molecular formula is C15H10BrNO3. The van der Waals surface area contributed by atoms with Crippen molar-refractivity contribution in [1.29, 1.82) is 0 Å². The summed E-state index contributed by atoms with van der Waals surface area (Å²) < 4.78 is 0.767. The van der Waals surface area contributed by atoms with Crippen molar-refractivity contribution >= 4 is 27.7 Å². The quantitative estimate of drug-likeness (QED) is 0.861. The molecule has 1 N–H and O–H groups in total. The van der Waals surface area contributed by atoms with Crippen molar-refractivity contribution in [3.63, 3.8) is 0 Å². The Bertz CT molecular complexity index is 710. The summed E-state index contributed by atoms with van der Waals surface area (Å²) in [5, 5.41) is 9.24. The van der Waals surface area contributed by atoms with Gasteiger partial charge in [0.25, 0.3) is 11.8 Å². The van der Waals surface area contributed by atoms with Gasteiger partial charge >= 0.3 is 0 Å². The largest absolute Gasteiger partial charge is 0.508 e. The monoisotopic (exact) mass is 331 g/mol. The van der Waals surface area contributed by atoms with Crippen molar-refractivity contribution in [2.75, 3.05) is 0 Å². The number of hydrogen-bond acceptors (Lipinski definition) is 3. The second-order valence-electron chi connectivity index (χ2n) is 4.55. The van der Waals surface area contributed by atoms with Crippen LogP contribution in [0.4, 0.5) is 0 Å². The molecule has 1 heterocycles. The minimum absolute atomic E-state index is 0.153. The number of halogens is 1. The molecule has 1 aliphatic heterocycles. The second kappa shape index (κ2) is 4.76. The third-order valence-electron chi connectivity index (χ3n) is 3.21. The van der Waals surface area contributed by atoms with Crippen LogP contribution in [-0.2, 0) is 6.54 Å². The number of fused-ring (bicyclic) bond motifs is 1. The Hall–Kier alpha value is -2.14. The molecule has 0 atom stereocenters. The van der Waals surface area contributed by atoms with E-state index in [1.165, 1.54) is 17.0 Å². The van der Waals surface area contributed by atoms with Crippen LogP contribution in [0.15, 0.2) is 46.9 Å². The van der Waals surface area contributed by atoms with Gasteiger partial charge in [-0.05, 0) is 35.9 Å². The minimum Gasteiger partial charge on any atom is -0.508 e. The fourth-order valence-electron chi connectivity index (χ4n) is 2.19. The van der Waals surface area contributed by atoms with E-state index in [-0.39, 0.29) is 24.1 Å². The molecule has 3 rings (SSSR count). The number of imide groups is 1. The number of benzene rings is 2. The number of amides is 2. The van der Waals surface area contributed by atoms with Crippen LogP contribution in [0.2, 0.25) is 0 Å². The lowest BCUT2D eigenvalue weighted by atomic mass is 10.1. The Labute approximate surface area is 123 Å². The van der Waals surface area contributed by atoms with Crippen LogP contribution >= 0.6 is 15.9 Å². The molecule has 0 unspecified atom stereocenters. The highest BCUT2D eigenvalue weighted by molar-refractivity contribution is 9.10. The molecule has 20 heavy (non-hydrogen) atoms. The Morgan fingerprint density at radius 3 is 2.30 bits per heavy atom. The molecule has 100 valence electrons. The number of carbonyl (C=O) groups excluding carboxylic acids is 2. The van der Waals surface area contributed by atoms with Gasteiger partial charge in [0, 0.05) is 4.47 Å². The topological polar surface area (TPSA) is 57.6 Å². The normalized spacial score (nSPS) is 13.8. The summed E-state index contributed by atoms with van der Waals surface area (Å²) in [6.45, 7) is 0.199. The van der Waals surface area contributed by atoms with Crippen LogP contribution in [0, 0.1) is 0 Å². The van der Waals surface area contributed by atoms with E-state index in [1.54, 1.807) is 30.3 Å². The van der Waals surface area contributed by atoms with Crippen molar-refractivity contribution in [3.8, 4) is 5.75 Å². The van der Waals surface area contributed by atoms with Gasteiger partial charge in [-0.2, -0.15) is 0 Å². The summed E-state index contributed by atoms with van der Waals surface area (Å²) in [7, 11) is 0. The van der Waals surface area contributed by atoms with E-state index >= 15 is 0 Å². The van der Waals surface area contributed by atoms with Gasteiger partial charge in [-0.25, -0.2) is 0 Å². The molecule has 4 nitrogen and oxygen atoms in total. The first-order valence-electron chi connectivity index (χ1n) is 6.00. The summed E-state index contributed by atoms with van der Waals surface area (Å²) in [6, 6.07) is 11.5. The third kappa shape index (κ3) is 2.10. The standard InChI is InChI=1S/C15H10BrNO3/c16-10-3-6-12-13(7-10)15(20)17(14(12)19)8-9-1-4-11(18)5-2-9/h1-7,18H,8H2. The highest BCUT2D eigenvalue weighted by Gasteiger charge is 2.35. The van der Waals surface area contributed by atoms with Gasteiger partial charge in [0.05, 0.1) is 17.7 Å². The molecule has 0 saturated heterocycles. The van der Waals surface area contributed by atoms with E-state index < -0.39 is 0 Å². The molecule has 0 saturated carbocycles. The SMILES string of the molecule is O=C1c2ccc(Br)cc2C(=O)N1Cc1ccc(O)cc1. The number of carbonyl (C=O) groups is 2. The minimum atomic E-state index is -0.292. The smallest absolute Gasteiger partial charge is 0.261 e. The summed E-state index contributed by atoms with van der Waals surface area (Å²) in [4.78, 5) is 25.7. The van der Waals surface area contributed by atoms with Crippen LogP contribution in [0.25, 0.3) is 0 Å². The van der Waals surface area contributed by atoms with Crippen LogP contribution in [0.3, 0.4) is 0 Å². The average molecular weight is 332 g/mol. The first-order chi connectivity index (χ1) is 9.56. The van der Waals surface area contributed by atoms with E-state index in [1.807, 2.05) is 0 Å². The molecule has 0 aromatic heterocycles. The lowest BCUT2D eigenvalue weighted by Crippen LogP contribution is -2.29. The van der Waals surface area contributed by atoms with Gasteiger partial charge in [-0.1, -0.05) is 28.1 Å².